The van der Waals surface area contributed by atoms with Gasteiger partial charge in [0.2, 0.25) is 0 Å². The quantitative estimate of drug-likeness (QED) is 0.851. The van der Waals surface area contributed by atoms with E-state index >= 15 is 0 Å². The second-order valence-electron chi connectivity index (χ2n) is 6.74. The van der Waals surface area contributed by atoms with Crippen LogP contribution in [0.25, 0.3) is 0 Å². The fourth-order valence-electron chi connectivity index (χ4n) is 2.71. The van der Waals surface area contributed by atoms with Crippen LogP contribution in [0.2, 0.25) is 0 Å². The maximum Gasteiger partial charge on any atom is 0.410 e. The molecule has 2 unspecified atom stereocenters. The first-order valence-electron chi connectivity index (χ1n) is 7.68. The largest absolute Gasteiger partial charge is 0.444 e. The molecule has 5 nitrogen and oxygen atoms in total. The van der Waals surface area contributed by atoms with Gasteiger partial charge in [-0.15, -0.1) is 0 Å². The van der Waals surface area contributed by atoms with E-state index in [0.717, 1.165) is 11.1 Å². The predicted octanol–water partition coefficient (Wildman–Crippen LogP) is 2.51. The second-order valence-corrected chi connectivity index (χ2v) is 7.88. The topological polar surface area (TPSA) is 53.9 Å². The number of carbonyl (C=O) groups is 1. The minimum Gasteiger partial charge on any atom is -0.444 e. The molecule has 0 saturated heterocycles. The number of amides is 1. The highest BCUT2D eigenvalue weighted by Gasteiger charge is 2.28. The Morgan fingerprint density at radius 1 is 1.43 bits per heavy atom. The van der Waals surface area contributed by atoms with Crippen LogP contribution in [0.15, 0.2) is 4.99 Å². The van der Waals surface area contributed by atoms with Gasteiger partial charge in [-0.1, -0.05) is 0 Å². The molecule has 120 valence electrons. The SMILES string of the molecule is CSC1CCC(NC2=NCCN(C(=O)OC(C)(C)C)C2)C1. The zero-order chi connectivity index (χ0) is 15.5. The Labute approximate surface area is 131 Å². The number of ether oxygens (including phenoxy) is 1. The van der Waals surface area contributed by atoms with Gasteiger partial charge in [0, 0.05) is 17.8 Å². The molecule has 2 aliphatic rings. The van der Waals surface area contributed by atoms with Crippen molar-refractivity contribution in [1.82, 2.24) is 10.2 Å². The van der Waals surface area contributed by atoms with Crippen LogP contribution in [0, 0.1) is 0 Å². The summed E-state index contributed by atoms with van der Waals surface area (Å²) in [7, 11) is 0. The van der Waals surface area contributed by atoms with Crippen LogP contribution in [-0.4, -0.2) is 59.6 Å². The molecule has 1 amide bonds. The molecule has 2 rings (SSSR count). The van der Waals surface area contributed by atoms with Crippen LogP contribution in [0.3, 0.4) is 0 Å². The molecule has 1 heterocycles. The molecule has 0 aromatic heterocycles. The maximum atomic E-state index is 12.1. The van der Waals surface area contributed by atoms with Crippen LogP contribution in [-0.2, 0) is 4.74 Å². The molecule has 0 bridgehead atoms. The highest BCUT2D eigenvalue weighted by atomic mass is 32.2. The van der Waals surface area contributed by atoms with Gasteiger partial charge in [-0.2, -0.15) is 11.8 Å². The molecule has 1 saturated carbocycles. The standard InChI is InChI=1S/C15H27N3O2S/c1-15(2,3)20-14(19)18-8-7-16-13(10-18)17-11-5-6-12(9-11)21-4/h11-12H,5-10H2,1-4H3,(H,16,17). The van der Waals surface area contributed by atoms with Gasteiger partial charge in [0.05, 0.1) is 13.1 Å². The van der Waals surface area contributed by atoms with Gasteiger partial charge in [-0.3, -0.25) is 9.89 Å². The number of nitrogens with one attached hydrogen (secondary N) is 1. The third kappa shape index (κ3) is 5.09. The van der Waals surface area contributed by atoms with Crippen LogP contribution >= 0.6 is 11.8 Å². The molecular weight excluding hydrogens is 286 g/mol. The van der Waals surface area contributed by atoms with Gasteiger partial charge in [-0.05, 0) is 46.3 Å². The number of hydrogen-bond donors (Lipinski definition) is 1. The first-order chi connectivity index (χ1) is 9.87. The van der Waals surface area contributed by atoms with Gasteiger partial charge in [-0.25, -0.2) is 4.79 Å². The minimum absolute atomic E-state index is 0.245. The number of thioether (sulfide) groups is 1. The van der Waals surface area contributed by atoms with Crippen LogP contribution in [0.1, 0.15) is 40.0 Å². The molecule has 6 heteroatoms. The molecule has 21 heavy (non-hydrogen) atoms. The second kappa shape index (κ2) is 6.90. The summed E-state index contributed by atoms with van der Waals surface area (Å²) in [6.07, 6.45) is 5.58. The third-order valence-corrected chi connectivity index (χ3v) is 4.85. The first kappa shape index (κ1) is 16.5. The average Bonchev–Trinajstić information content (AvgIpc) is 2.85. The Hall–Kier alpha value is -0.910. The first-order valence-corrected chi connectivity index (χ1v) is 8.97. The molecule has 1 N–H and O–H groups in total. The van der Waals surface area contributed by atoms with Crippen molar-refractivity contribution in [2.45, 2.75) is 56.9 Å². The number of aliphatic imine (C=N–C) groups is 1. The normalized spacial score (nSPS) is 26.5. The van der Waals surface area contributed by atoms with Crippen molar-refractivity contribution in [3.63, 3.8) is 0 Å². The summed E-state index contributed by atoms with van der Waals surface area (Å²) in [6, 6.07) is 0.500. The van der Waals surface area contributed by atoms with E-state index in [1.165, 1.54) is 19.3 Å². The summed E-state index contributed by atoms with van der Waals surface area (Å²) in [5.41, 5.74) is -0.448. The van der Waals surface area contributed by atoms with Gasteiger partial charge >= 0.3 is 6.09 Å². The van der Waals surface area contributed by atoms with E-state index in [1.807, 2.05) is 32.5 Å². The van der Waals surface area contributed by atoms with E-state index in [0.29, 0.717) is 25.7 Å². The van der Waals surface area contributed by atoms with Crippen molar-refractivity contribution in [1.29, 1.82) is 0 Å². The number of hydrogen-bond acceptors (Lipinski definition) is 5. The van der Waals surface area contributed by atoms with E-state index in [-0.39, 0.29) is 6.09 Å². The van der Waals surface area contributed by atoms with Crippen LogP contribution in [0.4, 0.5) is 4.79 Å². The summed E-state index contributed by atoms with van der Waals surface area (Å²) in [4.78, 5) is 18.4. The molecule has 1 aliphatic heterocycles. The summed E-state index contributed by atoms with van der Waals surface area (Å²) >= 11 is 1.95. The van der Waals surface area contributed by atoms with E-state index in [4.69, 9.17) is 4.74 Å². The van der Waals surface area contributed by atoms with E-state index in [2.05, 4.69) is 16.6 Å². The van der Waals surface area contributed by atoms with Gasteiger partial charge in [0.15, 0.2) is 0 Å². The summed E-state index contributed by atoms with van der Waals surface area (Å²) < 4.78 is 5.43. The fraction of sp³-hybridized carbons (Fsp3) is 0.867. The molecule has 0 radical (unpaired) electrons. The molecule has 1 fully saturated rings. The summed E-state index contributed by atoms with van der Waals surface area (Å²) in [5, 5.41) is 4.28. The minimum atomic E-state index is -0.448. The molecule has 0 aromatic rings. The Balaban J connectivity index is 1.83. The van der Waals surface area contributed by atoms with Crippen molar-refractivity contribution in [2.24, 2.45) is 4.99 Å². The van der Waals surface area contributed by atoms with E-state index in [1.54, 1.807) is 4.90 Å². The monoisotopic (exact) mass is 313 g/mol. The number of amidine groups is 1. The Kier molecular flexibility index (Phi) is 5.41. The Morgan fingerprint density at radius 2 is 2.19 bits per heavy atom. The molecule has 1 aliphatic carbocycles. The van der Waals surface area contributed by atoms with Gasteiger partial charge in [0.25, 0.3) is 0 Å². The lowest BCUT2D eigenvalue weighted by molar-refractivity contribution is 0.0276. The molecule has 2 atom stereocenters. The van der Waals surface area contributed by atoms with Gasteiger partial charge in [0.1, 0.15) is 11.4 Å². The van der Waals surface area contributed by atoms with Crippen molar-refractivity contribution in [2.75, 3.05) is 25.9 Å². The summed E-state index contributed by atoms with van der Waals surface area (Å²) in [6.45, 7) is 7.50. The Bertz CT molecular complexity index is 406. The van der Waals surface area contributed by atoms with Crippen LogP contribution < -0.4 is 5.32 Å². The zero-order valence-corrected chi connectivity index (χ0v) is 14.3. The molecular formula is C15H27N3O2S. The summed E-state index contributed by atoms with van der Waals surface area (Å²) in [5.74, 6) is 0.930. The lowest BCUT2D eigenvalue weighted by Crippen LogP contribution is -2.49. The zero-order valence-electron chi connectivity index (χ0n) is 13.5. The van der Waals surface area contributed by atoms with E-state index < -0.39 is 5.60 Å². The third-order valence-electron chi connectivity index (χ3n) is 3.75. The lowest BCUT2D eigenvalue weighted by Gasteiger charge is -2.30. The number of carbonyl (C=O) groups excluding carboxylic acids is 1. The maximum absolute atomic E-state index is 12.1. The van der Waals surface area contributed by atoms with Crippen molar-refractivity contribution >= 4 is 23.7 Å². The number of nitrogens with zero attached hydrogens (tertiary/aromatic N) is 2. The van der Waals surface area contributed by atoms with Crippen molar-refractivity contribution < 1.29 is 9.53 Å². The van der Waals surface area contributed by atoms with Gasteiger partial charge < -0.3 is 10.1 Å². The fourth-order valence-corrected chi connectivity index (χ4v) is 3.51. The Morgan fingerprint density at radius 3 is 2.81 bits per heavy atom. The average molecular weight is 313 g/mol. The van der Waals surface area contributed by atoms with Crippen LogP contribution in [0.5, 0.6) is 0 Å². The smallest absolute Gasteiger partial charge is 0.410 e. The highest BCUT2D eigenvalue weighted by molar-refractivity contribution is 7.99. The highest BCUT2D eigenvalue weighted by Crippen LogP contribution is 2.28. The molecule has 0 spiro atoms. The molecule has 0 aromatic carbocycles. The van der Waals surface area contributed by atoms with Crippen molar-refractivity contribution in [3.8, 4) is 0 Å². The lowest BCUT2D eigenvalue weighted by atomic mass is 10.2. The number of rotatable bonds is 2. The van der Waals surface area contributed by atoms with Crippen molar-refractivity contribution in [3.05, 3.63) is 0 Å². The van der Waals surface area contributed by atoms with E-state index in [9.17, 15) is 4.79 Å². The predicted molar refractivity (Wildman–Crippen MR) is 88.2 cm³/mol.